The fraction of sp³-hybridized carbons (Fsp3) is 0.185. The second kappa shape index (κ2) is 11.3. The van der Waals surface area contributed by atoms with Crippen LogP contribution in [0.3, 0.4) is 0 Å². The van der Waals surface area contributed by atoms with Crippen molar-refractivity contribution >= 4 is 16.1 Å². The molecular formula is C27H30N4O5S. The molecule has 10 heteroatoms. The molecule has 4 rings (SSSR count). The van der Waals surface area contributed by atoms with Gasteiger partial charge >= 0.3 is 6.09 Å². The van der Waals surface area contributed by atoms with E-state index in [0.29, 0.717) is 6.42 Å². The quantitative estimate of drug-likeness (QED) is 0.310. The molecule has 0 aliphatic carbocycles. The molecule has 4 aromatic rings. The molecule has 0 unspecified atom stereocenters. The summed E-state index contributed by atoms with van der Waals surface area (Å²) in [7, 11) is -3.98. The van der Waals surface area contributed by atoms with Gasteiger partial charge in [0.15, 0.2) is 0 Å². The van der Waals surface area contributed by atoms with Crippen LogP contribution in [0.5, 0.6) is 5.75 Å². The lowest BCUT2D eigenvalue weighted by atomic mass is 10.0. The Morgan fingerprint density at radius 1 is 1.00 bits per heavy atom. The molecule has 1 aromatic heterocycles. The number of phenols is 1. The number of benzene rings is 3. The van der Waals surface area contributed by atoms with Gasteiger partial charge in [-0.15, -0.1) is 0 Å². The zero-order valence-electron chi connectivity index (χ0n) is 20.9. The first-order valence-electron chi connectivity index (χ1n) is 11.4. The minimum absolute atomic E-state index is 0. The van der Waals surface area contributed by atoms with Gasteiger partial charge in [-0.2, -0.15) is 5.10 Å². The van der Waals surface area contributed by atoms with Gasteiger partial charge < -0.3 is 16.0 Å². The number of nitrogens with zero attached hydrogens (tertiary/aromatic N) is 2. The van der Waals surface area contributed by atoms with E-state index in [0.717, 1.165) is 39.3 Å². The molecular weight excluding hydrogens is 492 g/mol. The van der Waals surface area contributed by atoms with Crippen LogP contribution in [0.2, 0.25) is 0 Å². The largest absolute Gasteiger partial charge is 0.508 e. The van der Waals surface area contributed by atoms with Crippen LogP contribution in [-0.4, -0.2) is 36.0 Å². The van der Waals surface area contributed by atoms with Gasteiger partial charge in [0.05, 0.1) is 22.9 Å². The fourth-order valence-corrected chi connectivity index (χ4v) is 4.84. The van der Waals surface area contributed by atoms with Gasteiger partial charge in [-0.05, 0) is 68.3 Å². The van der Waals surface area contributed by atoms with Crippen LogP contribution in [0.25, 0.3) is 16.8 Å². The highest BCUT2D eigenvalue weighted by Gasteiger charge is 2.18. The van der Waals surface area contributed by atoms with Crippen molar-refractivity contribution < 1.29 is 23.1 Å². The maximum Gasteiger partial charge on any atom is 0.421 e. The maximum atomic E-state index is 12.3. The SMILES string of the molecule is Cc1ccc(S(=O)(=O)NC(=O)OCCc2ccc(-n3nc(C)c(-c4cccc(O)c4)c3C)cc2)cc1.N. The maximum absolute atomic E-state index is 12.3. The van der Waals surface area contributed by atoms with Crippen LogP contribution in [0.4, 0.5) is 4.79 Å². The van der Waals surface area contributed by atoms with E-state index in [9.17, 15) is 18.3 Å². The Morgan fingerprint density at radius 3 is 2.32 bits per heavy atom. The minimum Gasteiger partial charge on any atom is -0.508 e. The molecule has 0 saturated heterocycles. The normalized spacial score (nSPS) is 11.0. The summed E-state index contributed by atoms with van der Waals surface area (Å²) in [4.78, 5) is 12.0. The molecule has 37 heavy (non-hydrogen) atoms. The first-order chi connectivity index (χ1) is 17.1. The van der Waals surface area contributed by atoms with Crippen LogP contribution in [0.15, 0.2) is 77.7 Å². The molecule has 194 valence electrons. The summed E-state index contributed by atoms with van der Waals surface area (Å²) in [6.07, 6.45) is -0.599. The smallest absolute Gasteiger partial charge is 0.421 e. The van der Waals surface area contributed by atoms with E-state index in [-0.39, 0.29) is 23.4 Å². The first kappa shape index (κ1) is 27.4. The van der Waals surface area contributed by atoms with E-state index >= 15 is 0 Å². The number of amides is 1. The van der Waals surface area contributed by atoms with Crippen molar-refractivity contribution in [1.29, 1.82) is 0 Å². The molecule has 0 fully saturated rings. The highest BCUT2D eigenvalue weighted by molar-refractivity contribution is 7.90. The summed E-state index contributed by atoms with van der Waals surface area (Å²) in [5.41, 5.74) is 6.36. The summed E-state index contributed by atoms with van der Waals surface area (Å²) < 4.78 is 33.4. The lowest BCUT2D eigenvalue weighted by Crippen LogP contribution is -2.31. The third-order valence-corrected chi connectivity index (χ3v) is 7.11. The van der Waals surface area contributed by atoms with Crippen LogP contribution < -0.4 is 10.9 Å². The summed E-state index contributed by atoms with van der Waals surface area (Å²) in [5.74, 6) is 0.201. The Morgan fingerprint density at radius 2 is 1.68 bits per heavy atom. The van der Waals surface area contributed by atoms with Crippen molar-refractivity contribution in [1.82, 2.24) is 20.7 Å². The number of nitrogens with one attached hydrogen (secondary N) is 1. The van der Waals surface area contributed by atoms with E-state index in [2.05, 4.69) is 5.10 Å². The lowest BCUT2D eigenvalue weighted by Gasteiger charge is -2.09. The van der Waals surface area contributed by atoms with E-state index in [1.54, 1.807) is 30.3 Å². The number of rotatable bonds is 7. The van der Waals surface area contributed by atoms with Crippen molar-refractivity contribution in [3.8, 4) is 22.6 Å². The number of ether oxygens (including phenoxy) is 1. The molecule has 1 heterocycles. The average Bonchev–Trinajstić information content (AvgIpc) is 3.13. The Balaban J connectivity index is 0.00000380. The predicted octanol–water partition coefficient (Wildman–Crippen LogP) is 4.99. The fourth-order valence-electron chi connectivity index (χ4n) is 3.95. The lowest BCUT2D eigenvalue weighted by molar-refractivity contribution is 0.154. The Labute approximate surface area is 216 Å². The summed E-state index contributed by atoms with van der Waals surface area (Å²) in [6.45, 7) is 5.77. The second-order valence-corrected chi connectivity index (χ2v) is 10.2. The Bertz CT molecular complexity index is 1500. The number of hydrogen-bond donors (Lipinski definition) is 3. The van der Waals surface area contributed by atoms with Crippen LogP contribution in [0, 0.1) is 20.8 Å². The topological polar surface area (TPSA) is 146 Å². The van der Waals surface area contributed by atoms with Gasteiger partial charge in [-0.25, -0.2) is 22.6 Å². The Hall–Kier alpha value is -4.15. The van der Waals surface area contributed by atoms with Crippen LogP contribution in [0.1, 0.15) is 22.5 Å². The van der Waals surface area contributed by atoms with Gasteiger partial charge in [0.2, 0.25) is 0 Å². The summed E-state index contributed by atoms with van der Waals surface area (Å²) in [5, 5.41) is 14.5. The highest BCUT2D eigenvalue weighted by Crippen LogP contribution is 2.30. The highest BCUT2D eigenvalue weighted by atomic mass is 32.2. The van der Waals surface area contributed by atoms with E-state index in [1.165, 1.54) is 12.1 Å². The van der Waals surface area contributed by atoms with E-state index in [1.807, 2.05) is 60.5 Å². The average molecular weight is 523 g/mol. The number of carbonyl (C=O) groups is 1. The van der Waals surface area contributed by atoms with Gasteiger partial charge in [0.1, 0.15) is 5.75 Å². The van der Waals surface area contributed by atoms with Crippen LogP contribution >= 0.6 is 0 Å². The summed E-state index contributed by atoms with van der Waals surface area (Å²) in [6, 6.07) is 20.9. The van der Waals surface area contributed by atoms with E-state index in [4.69, 9.17) is 4.74 Å². The van der Waals surface area contributed by atoms with Crippen molar-refractivity contribution in [2.24, 2.45) is 0 Å². The predicted molar refractivity (Wildman–Crippen MR) is 142 cm³/mol. The molecule has 0 spiro atoms. The molecule has 0 atom stereocenters. The van der Waals surface area contributed by atoms with Crippen molar-refractivity contribution in [3.05, 3.63) is 95.3 Å². The number of sulfonamides is 1. The van der Waals surface area contributed by atoms with Crippen LogP contribution in [-0.2, 0) is 21.2 Å². The molecule has 0 radical (unpaired) electrons. The minimum atomic E-state index is -3.98. The van der Waals surface area contributed by atoms with Crippen molar-refractivity contribution in [3.63, 3.8) is 0 Å². The number of hydrogen-bond acceptors (Lipinski definition) is 7. The number of phenolic OH excluding ortho intramolecular Hbond substituents is 1. The van der Waals surface area contributed by atoms with Crippen molar-refractivity contribution in [2.75, 3.05) is 6.61 Å². The van der Waals surface area contributed by atoms with Gasteiger partial charge in [0, 0.05) is 17.7 Å². The first-order valence-corrected chi connectivity index (χ1v) is 12.8. The molecule has 1 amide bonds. The molecule has 0 aliphatic heterocycles. The zero-order chi connectivity index (χ0) is 25.9. The Kier molecular flexibility index (Phi) is 8.36. The van der Waals surface area contributed by atoms with Gasteiger partial charge in [-0.1, -0.05) is 42.0 Å². The van der Waals surface area contributed by atoms with E-state index < -0.39 is 16.1 Å². The number of aryl methyl sites for hydroxylation is 2. The van der Waals surface area contributed by atoms with Crippen molar-refractivity contribution in [2.45, 2.75) is 32.1 Å². The second-order valence-electron chi connectivity index (χ2n) is 8.48. The molecule has 0 aliphatic rings. The number of aromatic nitrogens is 2. The standard InChI is InChI=1S/C27H27N3O5S.H3N/c1-18-7-13-25(14-8-18)36(33,34)29-27(32)35-16-15-21-9-11-23(12-10-21)30-20(3)26(19(2)28-30)22-5-4-6-24(31)17-22;/h4-14,17,31H,15-16H2,1-3H3,(H,29,32);1H3. The zero-order valence-corrected chi connectivity index (χ0v) is 21.7. The molecule has 5 N–H and O–H groups in total. The third kappa shape index (κ3) is 6.35. The molecule has 0 bridgehead atoms. The third-order valence-electron chi connectivity index (χ3n) is 5.78. The summed E-state index contributed by atoms with van der Waals surface area (Å²) >= 11 is 0. The van der Waals surface area contributed by atoms with Gasteiger partial charge in [0.25, 0.3) is 10.0 Å². The molecule has 0 saturated carbocycles. The molecule has 3 aromatic carbocycles. The van der Waals surface area contributed by atoms with Gasteiger partial charge in [-0.3, -0.25) is 0 Å². The number of carbonyl (C=O) groups excluding carboxylic acids is 1. The number of aromatic hydroxyl groups is 1. The molecule has 9 nitrogen and oxygen atoms in total. The monoisotopic (exact) mass is 522 g/mol.